The molecule has 1 heterocycles. The second kappa shape index (κ2) is 5.79. The van der Waals surface area contributed by atoms with Crippen LogP contribution in [0.4, 0.5) is 5.69 Å². The molecule has 2 rings (SSSR count). The molecule has 1 amide bonds. The van der Waals surface area contributed by atoms with Gasteiger partial charge in [0, 0.05) is 17.5 Å². The summed E-state index contributed by atoms with van der Waals surface area (Å²) >= 11 is 5.65. The van der Waals surface area contributed by atoms with Gasteiger partial charge in [0.1, 0.15) is 0 Å². The smallest absolute Gasteiger partial charge is 0.228 e. The topological polar surface area (TPSA) is 72.7 Å². The van der Waals surface area contributed by atoms with Gasteiger partial charge in [-0.05, 0) is 35.5 Å². The highest BCUT2D eigenvalue weighted by Crippen LogP contribution is 2.15. The zero-order chi connectivity index (χ0) is 13.8. The van der Waals surface area contributed by atoms with E-state index in [-0.39, 0.29) is 17.7 Å². The molecule has 0 aliphatic carbocycles. The molecule has 0 bridgehead atoms. The fraction of sp³-hybridized carbons (Fsp3) is 0.333. The highest BCUT2D eigenvalue weighted by atomic mass is 35.5. The Hall–Kier alpha value is -1.95. The Morgan fingerprint density at radius 2 is 2.32 bits per heavy atom. The third kappa shape index (κ3) is 3.08. The average molecular weight is 280 g/mol. The van der Waals surface area contributed by atoms with Crippen molar-refractivity contribution in [3.05, 3.63) is 30.1 Å². The van der Waals surface area contributed by atoms with Crippen molar-refractivity contribution < 1.29 is 4.79 Å². The number of nitrogens with one attached hydrogen (secondary N) is 1. The SMILES string of the molecule is Cc1nnnn1-c1cccc(NC(=O)C(C)CCl)c1. The number of alkyl halides is 1. The Labute approximate surface area is 115 Å². The monoisotopic (exact) mass is 279 g/mol. The lowest BCUT2D eigenvalue weighted by molar-refractivity contribution is -0.118. The zero-order valence-corrected chi connectivity index (χ0v) is 11.4. The summed E-state index contributed by atoms with van der Waals surface area (Å²) in [5.41, 5.74) is 1.48. The second-order valence-corrected chi connectivity index (χ2v) is 4.54. The first-order valence-electron chi connectivity index (χ1n) is 5.84. The Morgan fingerprint density at radius 1 is 1.53 bits per heavy atom. The maximum atomic E-state index is 11.8. The number of carbonyl (C=O) groups excluding carboxylic acids is 1. The van der Waals surface area contributed by atoms with E-state index >= 15 is 0 Å². The first-order chi connectivity index (χ1) is 9.11. The Kier molecular flexibility index (Phi) is 4.11. The first-order valence-corrected chi connectivity index (χ1v) is 6.37. The van der Waals surface area contributed by atoms with Crippen molar-refractivity contribution in [3.63, 3.8) is 0 Å². The van der Waals surface area contributed by atoms with Gasteiger partial charge in [0.15, 0.2) is 5.82 Å². The lowest BCUT2D eigenvalue weighted by Crippen LogP contribution is -2.21. The quantitative estimate of drug-likeness (QED) is 0.866. The fourth-order valence-corrected chi connectivity index (χ4v) is 1.66. The number of aryl methyl sites for hydroxylation is 1. The van der Waals surface area contributed by atoms with Crippen LogP contribution in [-0.4, -0.2) is 32.0 Å². The lowest BCUT2D eigenvalue weighted by atomic mass is 10.2. The summed E-state index contributed by atoms with van der Waals surface area (Å²) in [4.78, 5) is 11.8. The minimum Gasteiger partial charge on any atom is -0.326 e. The van der Waals surface area contributed by atoms with Gasteiger partial charge in [0.25, 0.3) is 0 Å². The number of carbonyl (C=O) groups is 1. The normalized spacial score (nSPS) is 12.2. The van der Waals surface area contributed by atoms with Crippen LogP contribution in [0.25, 0.3) is 5.69 Å². The first kappa shape index (κ1) is 13.5. The van der Waals surface area contributed by atoms with Gasteiger partial charge >= 0.3 is 0 Å². The summed E-state index contributed by atoms with van der Waals surface area (Å²) < 4.78 is 1.60. The molecule has 0 aliphatic rings. The van der Waals surface area contributed by atoms with Gasteiger partial charge in [0.2, 0.25) is 5.91 Å². The second-order valence-electron chi connectivity index (χ2n) is 4.23. The third-order valence-corrected chi connectivity index (χ3v) is 3.13. The predicted molar refractivity (Wildman–Crippen MR) is 72.4 cm³/mol. The van der Waals surface area contributed by atoms with Crippen molar-refractivity contribution >= 4 is 23.2 Å². The van der Waals surface area contributed by atoms with Crippen molar-refractivity contribution in [2.75, 3.05) is 11.2 Å². The van der Waals surface area contributed by atoms with E-state index in [4.69, 9.17) is 11.6 Å². The maximum absolute atomic E-state index is 11.8. The van der Waals surface area contributed by atoms with Crippen molar-refractivity contribution in [1.82, 2.24) is 20.2 Å². The van der Waals surface area contributed by atoms with Crippen LogP contribution in [0.2, 0.25) is 0 Å². The van der Waals surface area contributed by atoms with E-state index in [2.05, 4.69) is 20.8 Å². The molecule has 1 aromatic heterocycles. The summed E-state index contributed by atoms with van der Waals surface area (Å²) in [7, 11) is 0. The van der Waals surface area contributed by atoms with E-state index in [1.807, 2.05) is 24.3 Å². The molecule has 7 heteroatoms. The Morgan fingerprint density at radius 3 is 2.95 bits per heavy atom. The molecule has 19 heavy (non-hydrogen) atoms. The Balaban J connectivity index is 2.21. The van der Waals surface area contributed by atoms with Crippen molar-refractivity contribution in [3.8, 4) is 5.69 Å². The summed E-state index contributed by atoms with van der Waals surface area (Å²) in [6, 6.07) is 7.31. The molecule has 100 valence electrons. The van der Waals surface area contributed by atoms with Crippen molar-refractivity contribution in [1.29, 1.82) is 0 Å². The maximum Gasteiger partial charge on any atom is 0.228 e. The molecule has 0 saturated heterocycles. The largest absolute Gasteiger partial charge is 0.326 e. The number of amides is 1. The van der Waals surface area contributed by atoms with Gasteiger partial charge in [-0.1, -0.05) is 13.0 Å². The molecule has 1 unspecified atom stereocenters. The van der Waals surface area contributed by atoms with Crippen LogP contribution < -0.4 is 5.32 Å². The fourth-order valence-electron chi connectivity index (χ4n) is 1.52. The van der Waals surface area contributed by atoms with Crippen LogP contribution in [0.5, 0.6) is 0 Å². The number of benzene rings is 1. The molecular weight excluding hydrogens is 266 g/mol. The van der Waals surface area contributed by atoms with Gasteiger partial charge in [-0.25, -0.2) is 0 Å². The van der Waals surface area contributed by atoms with E-state index < -0.39 is 0 Å². The van der Waals surface area contributed by atoms with Gasteiger partial charge in [-0.3, -0.25) is 4.79 Å². The van der Waals surface area contributed by atoms with E-state index in [1.165, 1.54) is 0 Å². The minimum atomic E-state index is -0.236. The molecule has 0 radical (unpaired) electrons. The molecule has 0 aliphatic heterocycles. The van der Waals surface area contributed by atoms with Crippen LogP contribution in [0.3, 0.4) is 0 Å². The van der Waals surface area contributed by atoms with Crippen LogP contribution >= 0.6 is 11.6 Å². The number of hydrogen-bond acceptors (Lipinski definition) is 4. The molecule has 6 nitrogen and oxygen atoms in total. The van der Waals surface area contributed by atoms with E-state index in [9.17, 15) is 4.79 Å². The number of hydrogen-bond donors (Lipinski definition) is 1. The third-order valence-electron chi connectivity index (χ3n) is 2.66. The predicted octanol–water partition coefficient (Wildman–Crippen LogP) is 1.78. The standard InChI is InChI=1S/C12H14ClN5O/c1-8(7-13)12(19)14-10-4-3-5-11(6-10)18-9(2)15-16-17-18/h3-6,8H,7H2,1-2H3,(H,14,19). The Bertz CT molecular complexity index is 583. The molecule has 0 saturated carbocycles. The van der Waals surface area contributed by atoms with Gasteiger partial charge in [0.05, 0.1) is 5.69 Å². The number of tetrazole rings is 1. The van der Waals surface area contributed by atoms with E-state index in [0.717, 1.165) is 5.69 Å². The van der Waals surface area contributed by atoms with Crippen LogP contribution in [0, 0.1) is 12.8 Å². The molecule has 1 aromatic carbocycles. The highest BCUT2D eigenvalue weighted by Gasteiger charge is 2.12. The molecule has 2 aromatic rings. The number of halogens is 1. The number of aromatic nitrogens is 4. The molecule has 0 fully saturated rings. The minimum absolute atomic E-state index is 0.111. The van der Waals surface area contributed by atoms with Gasteiger partial charge < -0.3 is 5.32 Å². The molecular formula is C12H14ClN5O. The average Bonchev–Trinajstić information content (AvgIpc) is 2.84. The summed E-state index contributed by atoms with van der Waals surface area (Å²) in [5, 5.41) is 14.1. The van der Waals surface area contributed by atoms with E-state index in [0.29, 0.717) is 11.5 Å². The zero-order valence-electron chi connectivity index (χ0n) is 10.7. The van der Waals surface area contributed by atoms with Crippen LogP contribution in [0.1, 0.15) is 12.7 Å². The summed E-state index contributed by atoms with van der Waals surface area (Å²) in [5.74, 6) is 0.621. The highest BCUT2D eigenvalue weighted by molar-refractivity contribution is 6.19. The number of rotatable bonds is 4. The van der Waals surface area contributed by atoms with Crippen LogP contribution in [-0.2, 0) is 4.79 Å². The van der Waals surface area contributed by atoms with Crippen molar-refractivity contribution in [2.24, 2.45) is 5.92 Å². The van der Waals surface area contributed by atoms with Crippen molar-refractivity contribution in [2.45, 2.75) is 13.8 Å². The molecule has 0 spiro atoms. The number of nitrogens with zero attached hydrogens (tertiary/aromatic N) is 4. The molecule has 1 N–H and O–H groups in total. The summed E-state index contributed by atoms with van der Waals surface area (Å²) in [6.45, 7) is 3.58. The van der Waals surface area contributed by atoms with Gasteiger partial charge in [-0.15, -0.1) is 16.7 Å². The molecule has 1 atom stereocenters. The van der Waals surface area contributed by atoms with Crippen LogP contribution in [0.15, 0.2) is 24.3 Å². The summed E-state index contributed by atoms with van der Waals surface area (Å²) in [6.07, 6.45) is 0. The van der Waals surface area contributed by atoms with E-state index in [1.54, 1.807) is 18.5 Å². The number of anilines is 1. The lowest BCUT2D eigenvalue weighted by Gasteiger charge is -2.10. The van der Waals surface area contributed by atoms with Gasteiger partial charge in [-0.2, -0.15) is 4.68 Å².